The smallest absolute Gasteiger partial charge is 0.250 e. The van der Waals surface area contributed by atoms with E-state index in [4.69, 9.17) is 12.2 Å². The molecule has 94 valence electrons. The number of terminal acetylenes is 1. The third-order valence-corrected chi connectivity index (χ3v) is 5.75. The molecule has 7 heteroatoms. The molecule has 1 rings (SSSR count). The summed E-state index contributed by atoms with van der Waals surface area (Å²) in [6.07, 6.45) is 5.09. The highest BCUT2D eigenvalue weighted by Gasteiger charge is 2.15. The number of thioether (sulfide) groups is 1. The van der Waals surface area contributed by atoms with Gasteiger partial charge in [-0.3, -0.25) is 0 Å². The number of sulfonamides is 1. The van der Waals surface area contributed by atoms with Crippen LogP contribution in [0.2, 0.25) is 0 Å². The average Bonchev–Trinajstić information content (AvgIpc) is 2.78. The normalized spacial score (nSPS) is 11.3. The molecule has 3 N–H and O–H groups in total. The fourth-order valence-corrected chi connectivity index (χ4v) is 4.01. The molecule has 0 aliphatic heterocycles. The van der Waals surface area contributed by atoms with Crippen LogP contribution in [0.5, 0.6) is 0 Å². The van der Waals surface area contributed by atoms with Crippen molar-refractivity contribution < 1.29 is 8.42 Å². The van der Waals surface area contributed by atoms with Crippen molar-refractivity contribution in [2.24, 2.45) is 5.73 Å². The van der Waals surface area contributed by atoms with Gasteiger partial charge in [0.05, 0.1) is 5.75 Å². The predicted octanol–water partition coefficient (Wildman–Crippen LogP) is 0.852. The van der Waals surface area contributed by atoms with Crippen LogP contribution < -0.4 is 10.5 Å². The van der Waals surface area contributed by atoms with E-state index in [1.165, 1.54) is 23.1 Å². The molecule has 0 amide bonds. The highest BCUT2D eigenvalue weighted by molar-refractivity contribution is 7.99. The quantitative estimate of drug-likeness (QED) is 0.577. The minimum absolute atomic E-state index is 0.305. The summed E-state index contributed by atoms with van der Waals surface area (Å²) in [7, 11) is -3.39. The molecule has 0 radical (unpaired) electrons. The number of thiophene rings is 1. The van der Waals surface area contributed by atoms with Gasteiger partial charge < -0.3 is 5.73 Å². The van der Waals surface area contributed by atoms with Crippen LogP contribution in [-0.4, -0.2) is 26.5 Å². The second kappa shape index (κ2) is 7.03. The van der Waals surface area contributed by atoms with Crippen molar-refractivity contribution in [1.82, 2.24) is 4.72 Å². The molecule has 0 fully saturated rings. The van der Waals surface area contributed by atoms with E-state index >= 15 is 0 Å². The monoisotopic (exact) mass is 290 g/mol. The molecule has 17 heavy (non-hydrogen) atoms. The van der Waals surface area contributed by atoms with Crippen molar-refractivity contribution in [2.75, 3.05) is 18.1 Å². The summed E-state index contributed by atoms with van der Waals surface area (Å²) in [5.41, 5.74) is 5.43. The molecule has 1 aromatic heterocycles. The Balaban J connectivity index is 2.49. The molecule has 1 heterocycles. The maximum atomic E-state index is 11.8. The number of nitrogens with two attached hydrogens (primary N) is 1. The Morgan fingerprint density at radius 3 is 2.88 bits per heavy atom. The van der Waals surface area contributed by atoms with Crippen LogP contribution in [0, 0.1) is 12.3 Å². The van der Waals surface area contributed by atoms with E-state index in [9.17, 15) is 8.42 Å². The Morgan fingerprint density at radius 2 is 2.29 bits per heavy atom. The molecule has 0 spiro atoms. The first-order chi connectivity index (χ1) is 8.10. The van der Waals surface area contributed by atoms with E-state index in [0.717, 1.165) is 4.88 Å². The van der Waals surface area contributed by atoms with Gasteiger partial charge in [0.2, 0.25) is 10.0 Å². The minimum atomic E-state index is -3.39. The van der Waals surface area contributed by atoms with E-state index in [-0.39, 0.29) is 0 Å². The predicted molar refractivity (Wildman–Crippen MR) is 73.6 cm³/mol. The Labute approximate surface area is 110 Å². The summed E-state index contributed by atoms with van der Waals surface area (Å²) in [6, 6.07) is 3.30. The van der Waals surface area contributed by atoms with Crippen LogP contribution in [0.1, 0.15) is 4.88 Å². The Bertz CT molecular complexity index is 488. The van der Waals surface area contributed by atoms with Crippen LogP contribution in [0.4, 0.5) is 0 Å². The topological polar surface area (TPSA) is 72.2 Å². The number of nitrogens with one attached hydrogen (secondary N) is 1. The zero-order chi connectivity index (χ0) is 12.7. The van der Waals surface area contributed by atoms with Crippen molar-refractivity contribution in [3.63, 3.8) is 0 Å². The van der Waals surface area contributed by atoms with Crippen LogP contribution in [0.15, 0.2) is 16.3 Å². The van der Waals surface area contributed by atoms with E-state index < -0.39 is 10.0 Å². The zero-order valence-corrected chi connectivity index (χ0v) is 11.6. The summed E-state index contributed by atoms with van der Waals surface area (Å²) < 4.78 is 26.4. The molecule has 0 aliphatic carbocycles. The summed E-state index contributed by atoms with van der Waals surface area (Å²) in [4.78, 5) is 0.854. The lowest BCUT2D eigenvalue weighted by Gasteiger charge is -2.03. The van der Waals surface area contributed by atoms with Gasteiger partial charge in [0, 0.05) is 23.7 Å². The standard InChI is InChI=1S/C10H14N2O2S3/c1-2-6-15-7-5-12-17(13,14)10-4-3-9(8-11)16-10/h1,3-4,12H,5-8,11H2. The lowest BCUT2D eigenvalue weighted by Crippen LogP contribution is -2.25. The molecule has 0 saturated carbocycles. The molecule has 0 bridgehead atoms. The van der Waals surface area contributed by atoms with Crippen LogP contribution in [0.25, 0.3) is 0 Å². The average molecular weight is 290 g/mol. The molecule has 0 unspecified atom stereocenters. The van der Waals surface area contributed by atoms with Crippen molar-refractivity contribution >= 4 is 33.1 Å². The van der Waals surface area contributed by atoms with Gasteiger partial charge in [-0.1, -0.05) is 5.92 Å². The van der Waals surface area contributed by atoms with Gasteiger partial charge in [-0.2, -0.15) is 0 Å². The Hall–Kier alpha value is -0.520. The molecule has 0 aliphatic rings. The fourth-order valence-electron chi connectivity index (χ4n) is 1.06. The third kappa shape index (κ3) is 4.69. The van der Waals surface area contributed by atoms with Gasteiger partial charge in [0.1, 0.15) is 4.21 Å². The summed E-state index contributed by atoms with van der Waals surface area (Å²) >= 11 is 2.71. The fraction of sp³-hybridized carbons (Fsp3) is 0.400. The van der Waals surface area contributed by atoms with Crippen molar-refractivity contribution in [2.45, 2.75) is 10.8 Å². The molecular formula is C10H14N2O2S3. The van der Waals surface area contributed by atoms with Crippen LogP contribution in [0.3, 0.4) is 0 Å². The van der Waals surface area contributed by atoms with Crippen molar-refractivity contribution in [1.29, 1.82) is 0 Å². The van der Waals surface area contributed by atoms with Gasteiger partial charge in [0.25, 0.3) is 0 Å². The van der Waals surface area contributed by atoms with Crippen LogP contribution in [-0.2, 0) is 16.6 Å². The van der Waals surface area contributed by atoms with Crippen molar-refractivity contribution in [3.05, 3.63) is 17.0 Å². The number of hydrogen-bond donors (Lipinski definition) is 2. The number of rotatable bonds is 7. The van der Waals surface area contributed by atoms with Gasteiger partial charge in [-0.15, -0.1) is 29.5 Å². The highest BCUT2D eigenvalue weighted by atomic mass is 32.2. The summed E-state index contributed by atoms with van der Waals surface area (Å²) in [5, 5.41) is 0. The molecule has 4 nitrogen and oxygen atoms in total. The molecule has 0 aromatic carbocycles. The third-order valence-electron chi connectivity index (χ3n) is 1.83. The van der Waals surface area contributed by atoms with E-state index in [1.54, 1.807) is 12.1 Å². The maximum Gasteiger partial charge on any atom is 0.250 e. The maximum absolute atomic E-state index is 11.8. The first-order valence-corrected chi connectivity index (χ1v) is 8.35. The molecule has 0 atom stereocenters. The lowest BCUT2D eigenvalue weighted by molar-refractivity contribution is 0.586. The molecule has 0 saturated heterocycles. The Morgan fingerprint density at radius 1 is 1.53 bits per heavy atom. The van der Waals surface area contributed by atoms with Gasteiger partial charge >= 0.3 is 0 Å². The van der Waals surface area contributed by atoms with E-state index in [1.807, 2.05) is 0 Å². The second-order valence-electron chi connectivity index (χ2n) is 3.08. The summed E-state index contributed by atoms with van der Waals surface area (Å²) in [6.45, 7) is 0.739. The first-order valence-electron chi connectivity index (χ1n) is 4.90. The highest BCUT2D eigenvalue weighted by Crippen LogP contribution is 2.20. The van der Waals surface area contributed by atoms with Crippen molar-refractivity contribution in [3.8, 4) is 12.3 Å². The number of hydrogen-bond acceptors (Lipinski definition) is 5. The molecule has 1 aromatic rings. The lowest BCUT2D eigenvalue weighted by atomic mass is 10.5. The van der Waals surface area contributed by atoms with E-state index in [0.29, 0.717) is 28.8 Å². The van der Waals surface area contributed by atoms with E-state index in [2.05, 4.69) is 10.6 Å². The Kier molecular flexibility index (Phi) is 6.02. The first kappa shape index (κ1) is 14.5. The van der Waals surface area contributed by atoms with Gasteiger partial charge in [-0.25, -0.2) is 13.1 Å². The SMILES string of the molecule is C#CCSCCNS(=O)(=O)c1ccc(CN)s1. The minimum Gasteiger partial charge on any atom is -0.326 e. The van der Waals surface area contributed by atoms with Gasteiger partial charge in [0.15, 0.2) is 0 Å². The van der Waals surface area contributed by atoms with Crippen LogP contribution >= 0.6 is 23.1 Å². The van der Waals surface area contributed by atoms with Gasteiger partial charge in [-0.05, 0) is 12.1 Å². The zero-order valence-electron chi connectivity index (χ0n) is 9.18. The molecular weight excluding hydrogens is 276 g/mol. The second-order valence-corrected chi connectivity index (χ2v) is 7.35. The largest absolute Gasteiger partial charge is 0.326 e. The summed E-state index contributed by atoms with van der Waals surface area (Å²) in [5.74, 6) is 3.74.